The molecule has 0 aliphatic rings. The largest absolute Gasteiger partial charge is 0.493 e. The predicted molar refractivity (Wildman–Crippen MR) is 69.7 cm³/mol. The minimum Gasteiger partial charge on any atom is -0.493 e. The van der Waals surface area contributed by atoms with E-state index in [-0.39, 0.29) is 5.82 Å². The summed E-state index contributed by atoms with van der Waals surface area (Å²) in [4.78, 5) is 0. The van der Waals surface area contributed by atoms with Gasteiger partial charge in [0.1, 0.15) is 11.6 Å². The van der Waals surface area contributed by atoms with Gasteiger partial charge in [0, 0.05) is 5.75 Å². The fraction of sp³-hybridized carbons (Fsp3) is 0.455. The van der Waals surface area contributed by atoms with E-state index in [0.717, 1.165) is 11.5 Å². The fourth-order valence-corrected chi connectivity index (χ4v) is 2.33. The lowest BCUT2D eigenvalue weighted by Gasteiger charge is -2.27. The van der Waals surface area contributed by atoms with Crippen molar-refractivity contribution < 1.29 is 9.13 Å². The van der Waals surface area contributed by atoms with Crippen molar-refractivity contribution >= 4 is 19.9 Å². The highest BCUT2D eigenvalue weighted by Gasteiger charge is 2.09. The van der Waals surface area contributed by atoms with Gasteiger partial charge in [0.25, 0.3) is 0 Å². The molecule has 0 bridgehead atoms. The van der Waals surface area contributed by atoms with Gasteiger partial charge in [-0.1, -0.05) is 0 Å². The molecule has 86 valence electrons. The van der Waals surface area contributed by atoms with E-state index in [1.165, 1.54) is 12.1 Å². The summed E-state index contributed by atoms with van der Waals surface area (Å²) in [6.07, 6.45) is 6.67. The highest BCUT2D eigenvalue weighted by molar-refractivity contribution is 8.93. The van der Waals surface area contributed by atoms with Crippen molar-refractivity contribution in [2.45, 2.75) is 0 Å². The van der Waals surface area contributed by atoms with Crippen LogP contribution in [0.2, 0.25) is 0 Å². The summed E-state index contributed by atoms with van der Waals surface area (Å²) >= 11 is 0. The third-order valence-corrected chi connectivity index (χ3v) is 7.37. The van der Waals surface area contributed by atoms with Crippen molar-refractivity contribution in [1.29, 1.82) is 0 Å². The predicted octanol–water partition coefficient (Wildman–Crippen LogP) is 3.55. The summed E-state index contributed by atoms with van der Waals surface area (Å²) < 4.78 is 18.1. The molecule has 0 saturated carbocycles. The van der Waals surface area contributed by atoms with E-state index >= 15 is 0 Å². The Morgan fingerprint density at radius 1 is 1.27 bits per heavy atom. The van der Waals surface area contributed by atoms with Crippen LogP contribution in [-0.4, -0.2) is 31.1 Å². The zero-order valence-electron chi connectivity index (χ0n) is 9.33. The van der Waals surface area contributed by atoms with Gasteiger partial charge in [-0.15, -0.1) is 10.8 Å². The first-order valence-electron chi connectivity index (χ1n) is 4.68. The lowest BCUT2D eigenvalue weighted by Crippen LogP contribution is -2.07. The summed E-state index contributed by atoms with van der Waals surface area (Å²) in [5, 5.41) is 0. The minimum absolute atomic E-state index is 0.225. The Balaban J connectivity index is 2.35. The Bertz CT molecular complexity index is 298. The Kier molecular flexibility index (Phi) is 4.80. The highest BCUT2D eigenvalue weighted by Crippen LogP contribution is 2.51. The van der Waals surface area contributed by atoms with Crippen molar-refractivity contribution in [1.82, 2.24) is 0 Å². The molecule has 0 N–H and O–H groups in total. The van der Waals surface area contributed by atoms with Crippen LogP contribution in [0.15, 0.2) is 24.3 Å². The lowest BCUT2D eigenvalue weighted by molar-refractivity contribution is 0.343. The zero-order valence-corrected chi connectivity index (χ0v) is 11.0. The number of benzene rings is 1. The molecular formula is C11H17FOS2. The van der Waals surface area contributed by atoms with Crippen LogP contribution in [0.3, 0.4) is 0 Å². The van der Waals surface area contributed by atoms with Crippen LogP contribution in [0.1, 0.15) is 0 Å². The summed E-state index contributed by atoms with van der Waals surface area (Å²) in [6, 6.07) is 6.16. The van der Waals surface area contributed by atoms with Gasteiger partial charge in [-0.25, -0.2) is 4.39 Å². The smallest absolute Gasteiger partial charge is 0.123 e. The molecule has 0 aliphatic heterocycles. The van der Waals surface area contributed by atoms with Crippen molar-refractivity contribution in [2.24, 2.45) is 0 Å². The second-order valence-corrected chi connectivity index (χ2v) is 10.9. The Morgan fingerprint density at radius 3 is 2.40 bits per heavy atom. The Labute approximate surface area is 96.1 Å². The van der Waals surface area contributed by atoms with Crippen LogP contribution < -0.4 is 4.74 Å². The van der Waals surface area contributed by atoms with Crippen molar-refractivity contribution in [3.63, 3.8) is 0 Å². The van der Waals surface area contributed by atoms with Gasteiger partial charge in [0.15, 0.2) is 0 Å². The molecule has 0 aromatic heterocycles. The Morgan fingerprint density at radius 2 is 1.87 bits per heavy atom. The normalized spacial score (nSPS) is 12.5. The summed E-state index contributed by atoms with van der Waals surface area (Å²) in [7, 11) is 1.33. The standard InChI is InChI=1S/C11H17FOS2/c1-14-15(2,3)9-8-13-11-6-4-10(12)5-7-11/h4-7H,8-9H2,1-3H3. The van der Waals surface area contributed by atoms with Crippen molar-refractivity contribution in [3.05, 3.63) is 30.1 Å². The van der Waals surface area contributed by atoms with Gasteiger partial charge in [0.05, 0.1) is 6.61 Å². The van der Waals surface area contributed by atoms with Crippen LogP contribution in [0.4, 0.5) is 4.39 Å². The molecule has 1 nitrogen and oxygen atoms in total. The maximum absolute atomic E-state index is 12.6. The van der Waals surface area contributed by atoms with Crippen molar-refractivity contribution in [2.75, 3.05) is 31.1 Å². The first kappa shape index (κ1) is 12.7. The molecule has 0 fully saturated rings. The van der Waals surface area contributed by atoms with E-state index in [2.05, 4.69) is 18.8 Å². The fourth-order valence-electron chi connectivity index (χ4n) is 0.974. The zero-order chi connectivity index (χ0) is 11.3. The molecule has 1 rings (SSSR count). The maximum Gasteiger partial charge on any atom is 0.123 e. The first-order valence-corrected chi connectivity index (χ1v) is 9.04. The van der Waals surface area contributed by atoms with E-state index in [0.29, 0.717) is 6.61 Å². The molecule has 0 spiro atoms. The monoisotopic (exact) mass is 248 g/mol. The van der Waals surface area contributed by atoms with Gasteiger partial charge in [-0.3, -0.25) is 0 Å². The minimum atomic E-state index is -0.580. The lowest BCUT2D eigenvalue weighted by atomic mass is 10.3. The van der Waals surface area contributed by atoms with Gasteiger partial charge in [0.2, 0.25) is 0 Å². The maximum atomic E-state index is 12.6. The number of hydrogen-bond donors (Lipinski definition) is 0. The van der Waals surface area contributed by atoms with E-state index in [4.69, 9.17) is 4.74 Å². The highest BCUT2D eigenvalue weighted by atomic mass is 33.2. The second kappa shape index (κ2) is 5.66. The molecule has 4 heteroatoms. The molecule has 0 atom stereocenters. The van der Waals surface area contributed by atoms with Crippen LogP contribution in [-0.2, 0) is 0 Å². The SMILES string of the molecule is CSS(C)(C)CCOc1ccc(F)cc1. The van der Waals surface area contributed by atoms with Gasteiger partial charge in [-0.2, -0.15) is 9.06 Å². The van der Waals surface area contributed by atoms with Gasteiger partial charge < -0.3 is 4.74 Å². The molecule has 0 heterocycles. The number of rotatable bonds is 5. The molecule has 1 aromatic rings. The van der Waals surface area contributed by atoms with E-state index < -0.39 is 9.06 Å². The van der Waals surface area contributed by atoms with Crippen LogP contribution in [0.5, 0.6) is 5.75 Å². The third-order valence-electron chi connectivity index (χ3n) is 2.11. The molecule has 15 heavy (non-hydrogen) atoms. The third kappa shape index (κ3) is 4.80. The van der Waals surface area contributed by atoms with E-state index in [1.54, 1.807) is 12.1 Å². The van der Waals surface area contributed by atoms with Gasteiger partial charge >= 0.3 is 0 Å². The number of ether oxygens (including phenoxy) is 1. The summed E-state index contributed by atoms with van der Waals surface area (Å²) in [6.45, 7) is 0.703. The summed E-state index contributed by atoms with van der Waals surface area (Å²) in [5.74, 6) is 1.58. The van der Waals surface area contributed by atoms with E-state index in [9.17, 15) is 4.39 Å². The van der Waals surface area contributed by atoms with Crippen LogP contribution in [0.25, 0.3) is 0 Å². The molecule has 0 radical (unpaired) electrons. The summed E-state index contributed by atoms with van der Waals surface area (Å²) in [5.41, 5.74) is 0. The van der Waals surface area contributed by atoms with E-state index in [1.807, 2.05) is 10.8 Å². The second-order valence-electron chi connectivity index (χ2n) is 3.61. The average Bonchev–Trinajstić information content (AvgIpc) is 2.21. The average molecular weight is 248 g/mol. The molecule has 0 amide bonds. The van der Waals surface area contributed by atoms with Crippen LogP contribution in [0, 0.1) is 5.82 Å². The molecule has 0 unspecified atom stereocenters. The molecule has 0 saturated heterocycles. The van der Waals surface area contributed by atoms with Crippen molar-refractivity contribution in [3.8, 4) is 5.75 Å². The molecule has 1 aromatic carbocycles. The molecular weight excluding hydrogens is 231 g/mol. The number of halogens is 1. The van der Waals surface area contributed by atoms with Crippen LogP contribution >= 0.6 is 19.9 Å². The molecule has 0 aliphatic carbocycles. The van der Waals surface area contributed by atoms with Gasteiger partial charge in [-0.05, 0) is 43.0 Å². The quantitative estimate of drug-likeness (QED) is 0.737. The first-order chi connectivity index (χ1) is 7.03. The topological polar surface area (TPSA) is 9.23 Å². The number of hydrogen-bond acceptors (Lipinski definition) is 2. The Hall–Kier alpha value is -0.350.